The molecule has 0 spiro atoms. The first-order chi connectivity index (χ1) is 6.74. The van der Waals surface area contributed by atoms with Gasteiger partial charge in [-0.25, -0.2) is 5.01 Å². The molecule has 1 aromatic carbocycles. The molecule has 74 valence electrons. The molecule has 5 heteroatoms. The van der Waals surface area contributed by atoms with Crippen molar-refractivity contribution < 1.29 is 4.79 Å². The van der Waals surface area contributed by atoms with Gasteiger partial charge in [-0.2, -0.15) is 5.53 Å². The van der Waals surface area contributed by atoms with Crippen molar-refractivity contribution in [3.63, 3.8) is 0 Å². The van der Waals surface area contributed by atoms with Crippen molar-refractivity contribution in [3.05, 3.63) is 28.7 Å². The first kappa shape index (κ1) is 9.64. The summed E-state index contributed by atoms with van der Waals surface area (Å²) in [6, 6.07) is 7.79. The number of anilines is 1. The second-order valence-electron chi connectivity index (χ2n) is 3.14. The highest BCUT2D eigenvalue weighted by Gasteiger charge is 2.22. The molecule has 0 atom stereocenters. The lowest BCUT2D eigenvalue weighted by atomic mass is 10.2. The Hall–Kier alpha value is -0.910. The van der Waals surface area contributed by atoms with Gasteiger partial charge in [-0.05, 0) is 24.3 Å². The Morgan fingerprint density at radius 3 is 2.43 bits per heavy atom. The zero-order valence-electron chi connectivity index (χ0n) is 7.46. The number of nitrogens with one attached hydrogen (secondary N) is 2. The smallest absolute Gasteiger partial charge is 0.163 e. The van der Waals surface area contributed by atoms with Crippen LogP contribution in [-0.2, 0) is 4.79 Å². The van der Waals surface area contributed by atoms with Crippen molar-refractivity contribution in [1.29, 1.82) is 0 Å². The lowest BCUT2D eigenvalue weighted by molar-refractivity contribution is -0.131. The molecule has 4 nitrogen and oxygen atoms in total. The van der Waals surface area contributed by atoms with Crippen LogP contribution in [-0.4, -0.2) is 23.9 Å². The molecule has 1 aromatic rings. The third-order valence-electron chi connectivity index (χ3n) is 1.94. The van der Waals surface area contributed by atoms with Crippen molar-refractivity contribution in [1.82, 2.24) is 10.5 Å². The maximum atomic E-state index is 10.7. The highest BCUT2D eigenvalue weighted by atomic mass is 79.9. The van der Waals surface area contributed by atoms with Crippen molar-refractivity contribution in [3.8, 4) is 0 Å². The topological polar surface area (TPSA) is 44.4 Å². The average Bonchev–Trinajstić information content (AvgIpc) is 2.13. The first-order valence-electron chi connectivity index (χ1n) is 4.28. The molecule has 0 radical (unpaired) electrons. The van der Waals surface area contributed by atoms with Gasteiger partial charge < -0.3 is 5.43 Å². The Kier molecular flexibility index (Phi) is 2.81. The SMILES string of the molecule is O=C1CN(NNc2ccc(Br)cc2)C1. The maximum Gasteiger partial charge on any atom is 0.163 e. The molecule has 0 amide bonds. The van der Waals surface area contributed by atoms with E-state index in [1.54, 1.807) is 0 Å². The zero-order valence-corrected chi connectivity index (χ0v) is 9.04. The summed E-state index contributed by atoms with van der Waals surface area (Å²) in [4.78, 5) is 10.7. The molecule has 14 heavy (non-hydrogen) atoms. The Morgan fingerprint density at radius 2 is 1.86 bits per heavy atom. The van der Waals surface area contributed by atoms with Crippen LogP contribution in [0.25, 0.3) is 0 Å². The number of carbonyl (C=O) groups is 1. The van der Waals surface area contributed by atoms with E-state index in [9.17, 15) is 4.79 Å². The largest absolute Gasteiger partial charge is 0.308 e. The summed E-state index contributed by atoms with van der Waals surface area (Å²) < 4.78 is 1.04. The van der Waals surface area contributed by atoms with E-state index in [2.05, 4.69) is 26.9 Å². The molecule has 0 saturated carbocycles. The molecule has 1 saturated heterocycles. The number of nitrogens with zero attached hydrogens (tertiary/aromatic N) is 1. The van der Waals surface area contributed by atoms with E-state index in [-0.39, 0.29) is 5.78 Å². The van der Waals surface area contributed by atoms with E-state index in [0.29, 0.717) is 13.1 Å². The number of benzene rings is 1. The summed E-state index contributed by atoms with van der Waals surface area (Å²) in [7, 11) is 0. The van der Waals surface area contributed by atoms with Gasteiger partial charge in [-0.3, -0.25) is 4.79 Å². The molecule has 2 N–H and O–H groups in total. The third kappa shape index (κ3) is 2.31. The minimum Gasteiger partial charge on any atom is -0.308 e. The van der Waals surface area contributed by atoms with E-state index in [4.69, 9.17) is 0 Å². The molecule has 1 aliphatic heterocycles. The summed E-state index contributed by atoms with van der Waals surface area (Å²) in [6.45, 7) is 0.951. The van der Waals surface area contributed by atoms with Crippen LogP contribution in [0.15, 0.2) is 28.7 Å². The monoisotopic (exact) mass is 255 g/mol. The predicted octanol–water partition coefficient (Wildman–Crippen LogP) is 1.17. The maximum absolute atomic E-state index is 10.7. The van der Waals surface area contributed by atoms with Gasteiger partial charge in [-0.1, -0.05) is 15.9 Å². The number of hydrogen-bond donors (Lipinski definition) is 2. The van der Waals surface area contributed by atoms with Crippen molar-refractivity contribution in [2.75, 3.05) is 18.5 Å². The van der Waals surface area contributed by atoms with Gasteiger partial charge in [0.2, 0.25) is 0 Å². The molecule has 0 aliphatic carbocycles. The second kappa shape index (κ2) is 4.08. The summed E-state index contributed by atoms with van der Waals surface area (Å²) in [6.07, 6.45) is 0. The van der Waals surface area contributed by atoms with E-state index in [0.717, 1.165) is 10.2 Å². The van der Waals surface area contributed by atoms with Gasteiger partial charge in [0.05, 0.1) is 18.8 Å². The van der Waals surface area contributed by atoms with Gasteiger partial charge in [0.15, 0.2) is 5.78 Å². The van der Waals surface area contributed by atoms with Gasteiger partial charge in [0.25, 0.3) is 0 Å². The summed E-state index contributed by atoms with van der Waals surface area (Å²) >= 11 is 3.35. The number of ketones is 1. The Morgan fingerprint density at radius 1 is 1.21 bits per heavy atom. The predicted molar refractivity (Wildman–Crippen MR) is 57.5 cm³/mol. The summed E-state index contributed by atoms with van der Waals surface area (Å²) in [5.74, 6) is 0.259. The molecule has 1 aliphatic rings. The minimum atomic E-state index is 0.259. The zero-order chi connectivity index (χ0) is 9.97. The normalized spacial score (nSPS) is 16.5. The Labute approximate surface area is 90.3 Å². The molecule has 1 fully saturated rings. The molecule has 0 aromatic heterocycles. The van der Waals surface area contributed by atoms with Crippen LogP contribution in [0.5, 0.6) is 0 Å². The number of hydrogen-bond acceptors (Lipinski definition) is 4. The average molecular weight is 256 g/mol. The molecule has 0 unspecified atom stereocenters. The number of rotatable bonds is 3. The molecular formula is C9H10BrN3O. The fourth-order valence-corrected chi connectivity index (χ4v) is 1.40. The highest BCUT2D eigenvalue weighted by molar-refractivity contribution is 9.10. The van der Waals surface area contributed by atoms with Crippen molar-refractivity contribution in [2.45, 2.75) is 0 Å². The number of carbonyl (C=O) groups excluding carboxylic acids is 1. The second-order valence-corrected chi connectivity index (χ2v) is 4.05. The fourth-order valence-electron chi connectivity index (χ4n) is 1.14. The fraction of sp³-hybridized carbons (Fsp3) is 0.222. The van der Waals surface area contributed by atoms with Crippen LogP contribution in [0, 0.1) is 0 Å². The third-order valence-corrected chi connectivity index (χ3v) is 2.47. The lowest BCUT2D eigenvalue weighted by Crippen LogP contribution is -2.56. The van der Waals surface area contributed by atoms with Gasteiger partial charge in [-0.15, -0.1) is 0 Å². The van der Waals surface area contributed by atoms with Crippen LogP contribution in [0.4, 0.5) is 5.69 Å². The van der Waals surface area contributed by atoms with Crippen LogP contribution in [0.1, 0.15) is 0 Å². The van der Waals surface area contributed by atoms with E-state index in [1.165, 1.54) is 0 Å². The Balaban J connectivity index is 1.80. The van der Waals surface area contributed by atoms with Crippen LogP contribution in [0.2, 0.25) is 0 Å². The van der Waals surface area contributed by atoms with Crippen LogP contribution < -0.4 is 11.0 Å². The van der Waals surface area contributed by atoms with Gasteiger partial charge in [0.1, 0.15) is 0 Å². The number of halogens is 1. The van der Waals surface area contributed by atoms with Gasteiger partial charge in [0, 0.05) is 4.47 Å². The number of Topliss-reactive ketones (excluding diaryl/α,β-unsaturated/α-hetero) is 1. The van der Waals surface area contributed by atoms with Crippen molar-refractivity contribution >= 4 is 27.4 Å². The molecule has 0 bridgehead atoms. The molecular weight excluding hydrogens is 246 g/mol. The summed E-state index contributed by atoms with van der Waals surface area (Å²) in [5, 5.41) is 1.81. The van der Waals surface area contributed by atoms with E-state index >= 15 is 0 Å². The molecule has 1 heterocycles. The highest BCUT2D eigenvalue weighted by Crippen LogP contribution is 2.13. The van der Waals surface area contributed by atoms with Crippen LogP contribution >= 0.6 is 15.9 Å². The number of hydrazine groups is 2. The summed E-state index contributed by atoms with van der Waals surface area (Å²) in [5.41, 5.74) is 6.89. The van der Waals surface area contributed by atoms with E-state index in [1.807, 2.05) is 29.3 Å². The Bertz CT molecular complexity index is 330. The minimum absolute atomic E-state index is 0.259. The standard InChI is InChI=1S/C9H10BrN3O/c10-7-1-3-8(4-2-7)11-12-13-5-9(14)6-13/h1-4,11-12H,5-6H2. The molecule has 2 rings (SSSR count). The van der Waals surface area contributed by atoms with Crippen molar-refractivity contribution in [2.24, 2.45) is 0 Å². The quantitative estimate of drug-likeness (QED) is 0.797. The first-order valence-corrected chi connectivity index (χ1v) is 5.07. The van der Waals surface area contributed by atoms with Gasteiger partial charge >= 0.3 is 0 Å². The lowest BCUT2D eigenvalue weighted by Gasteiger charge is -2.29. The van der Waals surface area contributed by atoms with Crippen LogP contribution in [0.3, 0.4) is 0 Å². The van der Waals surface area contributed by atoms with E-state index < -0.39 is 0 Å².